The number of rotatable bonds is 10. The van der Waals surface area contributed by atoms with Crippen LogP contribution in [0.1, 0.15) is 48.5 Å². The van der Waals surface area contributed by atoms with Crippen molar-refractivity contribution in [2.45, 2.75) is 37.6 Å². The van der Waals surface area contributed by atoms with Crippen LogP contribution in [0.25, 0.3) is 6.08 Å². The second kappa shape index (κ2) is 18.0. The monoisotopic (exact) mass is 803 g/mol. The molecule has 0 spiro atoms. The molecule has 0 unspecified atom stereocenters. The van der Waals surface area contributed by atoms with Gasteiger partial charge < -0.3 is 19.1 Å². The molecule has 286 valence electrons. The van der Waals surface area contributed by atoms with Crippen LogP contribution in [-0.4, -0.2) is 92.9 Å². The number of ether oxygens (including phenoxy) is 3. The first-order valence-corrected chi connectivity index (χ1v) is 18.3. The number of imide groups is 1. The van der Waals surface area contributed by atoms with E-state index in [0.717, 1.165) is 12.8 Å². The van der Waals surface area contributed by atoms with Crippen molar-refractivity contribution in [3.63, 3.8) is 0 Å². The van der Waals surface area contributed by atoms with Crippen molar-refractivity contribution < 1.29 is 46.6 Å². The number of halogens is 2. The number of hydrogen-bond acceptors (Lipinski definition) is 13. The smallest absolute Gasteiger partial charge is 0.349 e. The van der Waals surface area contributed by atoms with Crippen LogP contribution in [0.3, 0.4) is 0 Å². The van der Waals surface area contributed by atoms with E-state index >= 15 is 0 Å². The Hall–Kier alpha value is -5.59. The lowest BCUT2D eigenvalue weighted by atomic mass is 9.93. The Kier molecular flexibility index (Phi) is 13.7. The maximum absolute atomic E-state index is 12.7. The maximum atomic E-state index is 12.7. The summed E-state index contributed by atoms with van der Waals surface area (Å²) in [6, 6.07) is 7.64. The van der Waals surface area contributed by atoms with Crippen LogP contribution in [0.5, 0.6) is 11.8 Å². The summed E-state index contributed by atoms with van der Waals surface area (Å²) in [4.78, 5) is 75.1. The average Bonchev–Trinajstić information content (AvgIpc) is 3.40. The normalized spacial score (nSPS) is 14.1. The zero-order valence-electron chi connectivity index (χ0n) is 29.6. The number of methoxy groups -OCH3 is 2. The molecule has 0 saturated heterocycles. The number of sulfonamides is 1. The fraction of sp³-hybridized carbons (Fsp3) is 0.294. The van der Waals surface area contributed by atoms with E-state index in [0.29, 0.717) is 40.3 Å². The van der Waals surface area contributed by atoms with Gasteiger partial charge in [0.2, 0.25) is 17.7 Å². The third-order valence-electron chi connectivity index (χ3n) is 7.59. The first kappa shape index (κ1) is 41.2. The predicted octanol–water partition coefficient (Wildman–Crippen LogP) is 4.33. The molecule has 0 saturated carbocycles. The molecule has 1 aromatic carbocycles. The molecule has 0 radical (unpaired) electrons. The predicted molar refractivity (Wildman–Crippen MR) is 197 cm³/mol. The molecule has 3 heterocycles. The molecule has 54 heavy (non-hydrogen) atoms. The first-order chi connectivity index (χ1) is 25.6. The number of nitrogens with one attached hydrogen (secondary N) is 2. The molecular formula is C34H35Cl2N7O10S. The summed E-state index contributed by atoms with van der Waals surface area (Å²) < 4.78 is 41.5. The second-order valence-electron chi connectivity index (χ2n) is 11.4. The van der Waals surface area contributed by atoms with Gasteiger partial charge in [-0.25, -0.2) is 24.2 Å². The summed E-state index contributed by atoms with van der Waals surface area (Å²) in [7, 11) is 1.15. The van der Waals surface area contributed by atoms with E-state index in [-0.39, 0.29) is 46.7 Å². The number of pyridine rings is 1. The highest BCUT2D eigenvalue weighted by Crippen LogP contribution is 2.37. The molecular weight excluding hydrogens is 769 g/mol. The Bertz CT molecular complexity index is 2110. The average molecular weight is 805 g/mol. The molecule has 1 aliphatic carbocycles. The molecule has 2 aromatic heterocycles. The number of carbonyl (C=O) groups is 5. The van der Waals surface area contributed by atoms with Gasteiger partial charge in [0.15, 0.2) is 5.03 Å². The van der Waals surface area contributed by atoms with Crippen LogP contribution in [0.4, 0.5) is 16.4 Å². The minimum absolute atomic E-state index is 0.0913. The molecule has 2 N–H and O–H groups in total. The third kappa shape index (κ3) is 9.68. The highest BCUT2D eigenvalue weighted by atomic mass is 35.5. The van der Waals surface area contributed by atoms with E-state index in [1.54, 1.807) is 29.8 Å². The first-order valence-electron chi connectivity index (χ1n) is 16.0. The van der Waals surface area contributed by atoms with Crippen LogP contribution in [0.15, 0.2) is 63.8 Å². The SMILES string of the molecule is CCOC(=O)/C(Cl)=C/c1cc(N2C(=O)C3=C(CCCC3)C2=O)ccc1Cl.COc1cc(OC)nc(NC(=O)NS(=O)(=O)c2ncccc2C(=O)N(C)C)n1. The Morgan fingerprint density at radius 2 is 1.59 bits per heavy atom. The summed E-state index contributed by atoms with van der Waals surface area (Å²) in [5, 5.41) is 1.77. The molecule has 0 bridgehead atoms. The minimum Gasteiger partial charge on any atom is -0.481 e. The molecule has 1 aliphatic heterocycles. The fourth-order valence-electron chi connectivity index (χ4n) is 5.13. The summed E-state index contributed by atoms with van der Waals surface area (Å²) in [5.74, 6) is -1.88. The topological polar surface area (TPSA) is 216 Å². The number of esters is 1. The molecule has 0 fully saturated rings. The lowest BCUT2D eigenvalue weighted by Gasteiger charge is -2.16. The summed E-state index contributed by atoms with van der Waals surface area (Å²) in [6.07, 6.45) is 5.64. The van der Waals surface area contributed by atoms with Crippen LogP contribution < -0.4 is 24.4 Å². The summed E-state index contributed by atoms with van der Waals surface area (Å²) >= 11 is 12.1. The van der Waals surface area contributed by atoms with Crippen molar-refractivity contribution in [2.75, 3.05) is 45.1 Å². The van der Waals surface area contributed by atoms with E-state index < -0.39 is 33.0 Å². The molecule has 20 heteroatoms. The highest BCUT2D eigenvalue weighted by molar-refractivity contribution is 7.90. The van der Waals surface area contributed by atoms with Gasteiger partial charge in [0.05, 0.1) is 38.1 Å². The van der Waals surface area contributed by atoms with Gasteiger partial charge in [0.25, 0.3) is 27.7 Å². The number of carbonyl (C=O) groups excluding carboxylic acids is 5. The molecule has 3 aromatic rings. The zero-order chi connectivity index (χ0) is 39.7. The fourth-order valence-corrected chi connectivity index (χ4v) is 6.51. The Balaban J connectivity index is 0.000000241. The van der Waals surface area contributed by atoms with Crippen molar-refractivity contribution in [3.8, 4) is 11.8 Å². The molecule has 2 aliphatic rings. The number of benzene rings is 1. The summed E-state index contributed by atoms with van der Waals surface area (Å²) in [6.45, 7) is 1.87. The van der Waals surface area contributed by atoms with Crippen LogP contribution in [0.2, 0.25) is 5.02 Å². The van der Waals surface area contributed by atoms with E-state index in [4.69, 9.17) is 37.4 Å². The molecule has 5 rings (SSSR count). The molecule has 5 amide bonds. The van der Waals surface area contributed by atoms with E-state index in [1.165, 1.54) is 68.6 Å². The zero-order valence-corrected chi connectivity index (χ0v) is 32.0. The van der Waals surface area contributed by atoms with Crippen LogP contribution in [-0.2, 0) is 29.1 Å². The van der Waals surface area contributed by atoms with Gasteiger partial charge in [-0.1, -0.05) is 23.2 Å². The van der Waals surface area contributed by atoms with Gasteiger partial charge >= 0.3 is 12.0 Å². The van der Waals surface area contributed by atoms with Gasteiger partial charge in [-0.3, -0.25) is 19.7 Å². The van der Waals surface area contributed by atoms with Crippen molar-refractivity contribution >= 4 is 80.7 Å². The van der Waals surface area contributed by atoms with Gasteiger partial charge in [0.1, 0.15) is 5.03 Å². The van der Waals surface area contributed by atoms with E-state index in [9.17, 15) is 32.4 Å². The van der Waals surface area contributed by atoms with E-state index in [2.05, 4.69) is 20.3 Å². The van der Waals surface area contributed by atoms with Crippen LogP contribution >= 0.6 is 23.2 Å². The molecule has 17 nitrogen and oxygen atoms in total. The minimum atomic E-state index is -4.46. The Morgan fingerprint density at radius 1 is 0.981 bits per heavy atom. The molecule has 0 atom stereocenters. The number of urea groups is 1. The van der Waals surface area contributed by atoms with Crippen molar-refractivity contribution in [1.82, 2.24) is 24.6 Å². The standard InChI is InChI=1S/C19H17Cl2NO4.C15H18N6O6S/c1-2-26-19(25)16(21)10-11-9-12(7-8-15(11)20)22-17(23)13-5-3-4-6-14(13)18(22)24;1-21(2)13(22)9-6-5-7-16-12(9)28(24,25)20-15(23)19-14-17-10(26-3)8-11(18-14)27-4/h7-10H,2-6H2,1H3;5-8H,1-4H3,(H2,17,18,19,20,23)/b16-10-;. The number of amides is 5. The maximum Gasteiger partial charge on any atom is 0.349 e. The summed E-state index contributed by atoms with van der Waals surface area (Å²) in [5.41, 5.74) is 1.86. The number of nitrogens with zero attached hydrogens (tertiary/aromatic N) is 5. The highest BCUT2D eigenvalue weighted by Gasteiger charge is 2.39. The van der Waals surface area contributed by atoms with Gasteiger partial charge in [0, 0.05) is 36.5 Å². The largest absolute Gasteiger partial charge is 0.481 e. The van der Waals surface area contributed by atoms with Crippen molar-refractivity contribution in [1.29, 1.82) is 0 Å². The number of aromatic nitrogens is 3. The van der Waals surface area contributed by atoms with Gasteiger partial charge in [-0.15, -0.1) is 0 Å². The van der Waals surface area contributed by atoms with Crippen molar-refractivity contribution in [3.05, 3.63) is 74.9 Å². The number of hydrogen-bond donors (Lipinski definition) is 2. The lowest BCUT2D eigenvalue weighted by molar-refractivity contribution is -0.137. The van der Waals surface area contributed by atoms with Crippen molar-refractivity contribution in [2.24, 2.45) is 0 Å². The number of anilines is 2. The van der Waals surface area contributed by atoms with Crippen LogP contribution in [0, 0.1) is 0 Å². The van der Waals surface area contributed by atoms with E-state index in [1.807, 2.05) is 0 Å². The second-order valence-corrected chi connectivity index (χ2v) is 13.8. The Morgan fingerprint density at radius 3 is 2.15 bits per heavy atom. The lowest BCUT2D eigenvalue weighted by Crippen LogP contribution is -2.36. The third-order valence-corrected chi connectivity index (χ3v) is 9.49. The van der Waals surface area contributed by atoms with Gasteiger partial charge in [-0.2, -0.15) is 18.4 Å². The van der Waals surface area contributed by atoms with Gasteiger partial charge in [-0.05, 0) is 74.6 Å². The Labute approximate surface area is 320 Å². The quantitative estimate of drug-likeness (QED) is 0.166.